The van der Waals surface area contributed by atoms with Crippen molar-refractivity contribution in [1.29, 1.82) is 0 Å². The summed E-state index contributed by atoms with van der Waals surface area (Å²) < 4.78 is 2.22. The zero-order valence-corrected chi connectivity index (χ0v) is 12.2. The third-order valence-electron chi connectivity index (χ3n) is 4.48. The first kappa shape index (κ1) is 13.3. The van der Waals surface area contributed by atoms with E-state index >= 15 is 0 Å². The smallest absolute Gasteiger partial charge is 0.0568 e. The monoisotopic (exact) mass is 269 g/mol. The Balaban J connectivity index is 1.83. The first-order valence-corrected chi connectivity index (χ1v) is 7.83. The molecule has 0 bridgehead atoms. The molecule has 3 rings (SSSR count). The highest BCUT2D eigenvalue weighted by molar-refractivity contribution is 5.60. The number of hydrogen-bond donors (Lipinski definition) is 0. The molecule has 1 aliphatic rings. The summed E-state index contributed by atoms with van der Waals surface area (Å²) in [5.41, 5.74) is 2.40. The van der Waals surface area contributed by atoms with Crippen LogP contribution in [0, 0.1) is 5.92 Å². The van der Waals surface area contributed by atoms with Crippen LogP contribution in [0.25, 0.3) is 11.1 Å². The van der Waals surface area contributed by atoms with E-state index in [0.29, 0.717) is 6.04 Å². The molecule has 0 aromatic carbocycles. The molecule has 2 heterocycles. The molecule has 1 atom stereocenters. The minimum Gasteiger partial charge on any atom is -0.269 e. The quantitative estimate of drug-likeness (QED) is 0.801. The van der Waals surface area contributed by atoms with Crippen LogP contribution in [-0.2, 0) is 0 Å². The Labute approximate surface area is 121 Å². The van der Waals surface area contributed by atoms with Crippen LogP contribution < -0.4 is 0 Å². The van der Waals surface area contributed by atoms with E-state index in [1.165, 1.54) is 49.7 Å². The molecule has 3 nitrogen and oxygen atoms in total. The minimum atomic E-state index is 0.582. The molecule has 0 amide bonds. The Morgan fingerprint density at radius 1 is 1.20 bits per heavy atom. The van der Waals surface area contributed by atoms with Gasteiger partial charge in [0.2, 0.25) is 0 Å². The van der Waals surface area contributed by atoms with Gasteiger partial charge in [0.15, 0.2) is 0 Å². The molecule has 2 aromatic heterocycles. The van der Waals surface area contributed by atoms with E-state index in [2.05, 4.69) is 27.9 Å². The predicted molar refractivity (Wildman–Crippen MR) is 81.4 cm³/mol. The normalized spacial score (nSPS) is 17.4. The lowest BCUT2D eigenvalue weighted by molar-refractivity contribution is 0.290. The molecular weight excluding hydrogens is 246 g/mol. The standard InChI is InChI=1S/C17H23N3/c1-2-5-17(15-6-3-4-7-15)20-13-16(12-19-20)14-8-10-18-11-9-14/h8-13,15,17H,2-7H2,1H3. The van der Waals surface area contributed by atoms with Crippen molar-refractivity contribution in [1.82, 2.24) is 14.8 Å². The highest BCUT2D eigenvalue weighted by Gasteiger charge is 2.26. The van der Waals surface area contributed by atoms with E-state index in [4.69, 9.17) is 0 Å². The molecule has 1 saturated carbocycles. The highest BCUT2D eigenvalue weighted by Crippen LogP contribution is 2.37. The highest BCUT2D eigenvalue weighted by atomic mass is 15.3. The third kappa shape index (κ3) is 2.77. The molecule has 0 spiro atoms. The van der Waals surface area contributed by atoms with Gasteiger partial charge in [-0.1, -0.05) is 26.2 Å². The maximum absolute atomic E-state index is 4.65. The van der Waals surface area contributed by atoms with Gasteiger partial charge < -0.3 is 0 Å². The largest absolute Gasteiger partial charge is 0.269 e. The van der Waals surface area contributed by atoms with Crippen LogP contribution in [0.1, 0.15) is 51.5 Å². The summed E-state index contributed by atoms with van der Waals surface area (Å²) in [4.78, 5) is 4.08. The number of pyridine rings is 1. The second kappa shape index (κ2) is 6.21. The van der Waals surface area contributed by atoms with E-state index in [-0.39, 0.29) is 0 Å². The van der Waals surface area contributed by atoms with Gasteiger partial charge in [-0.25, -0.2) is 0 Å². The first-order valence-electron chi connectivity index (χ1n) is 7.83. The molecule has 20 heavy (non-hydrogen) atoms. The molecule has 1 fully saturated rings. The fourth-order valence-corrected chi connectivity index (χ4v) is 3.43. The van der Waals surface area contributed by atoms with Gasteiger partial charge in [-0.3, -0.25) is 9.67 Å². The van der Waals surface area contributed by atoms with Crippen molar-refractivity contribution in [3.8, 4) is 11.1 Å². The summed E-state index contributed by atoms with van der Waals surface area (Å²) in [6, 6.07) is 4.68. The topological polar surface area (TPSA) is 30.7 Å². The van der Waals surface area contributed by atoms with Gasteiger partial charge in [0.1, 0.15) is 0 Å². The van der Waals surface area contributed by atoms with Gasteiger partial charge in [0.25, 0.3) is 0 Å². The molecule has 3 heteroatoms. The average Bonchev–Trinajstić information content (AvgIpc) is 3.17. The second-order valence-electron chi connectivity index (χ2n) is 5.85. The number of hydrogen-bond acceptors (Lipinski definition) is 2. The Bertz CT molecular complexity index is 526. The van der Waals surface area contributed by atoms with Crippen molar-refractivity contribution in [3.63, 3.8) is 0 Å². The molecular formula is C17H23N3. The van der Waals surface area contributed by atoms with Crippen molar-refractivity contribution >= 4 is 0 Å². The molecule has 2 aromatic rings. The molecule has 0 saturated heterocycles. The molecule has 0 radical (unpaired) electrons. The Morgan fingerprint density at radius 2 is 1.95 bits per heavy atom. The van der Waals surface area contributed by atoms with Crippen molar-refractivity contribution in [2.45, 2.75) is 51.5 Å². The lowest BCUT2D eigenvalue weighted by Crippen LogP contribution is -2.17. The van der Waals surface area contributed by atoms with Crippen LogP contribution in [0.4, 0.5) is 0 Å². The number of nitrogens with zero attached hydrogens (tertiary/aromatic N) is 3. The maximum atomic E-state index is 4.65. The van der Waals surface area contributed by atoms with E-state index < -0.39 is 0 Å². The van der Waals surface area contributed by atoms with Gasteiger partial charge in [0.05, 0.1) is 12.2 Å². The van der Waals surface area contributed by atoms with E-state index in [9.17, 15) is 0 Å². The van der Waals surface area contributed by atoms with Crippen molar-refractivity contribution in [2.24, 2.45) is 5.92 Å². The van der Waals surface area contributed by atoms with Crippen molar-refractivity contribution < 1.29 is 0 Å². The lowest BCUT2D eigenvalue weighted by Gasteiger charge is -2.23. The van der Waals surface area contributed by atoms with Crippen LogP contribution in [-0.4, -0.2) is 14.8 Å². The van der Waals surface area contributed by atoms with Gasteiger partial charge >= 0.3 is 0 Å². The summed E-state index contributed by atoms with van der Waals surface area (Å²) >= 11 is 0. The summed E-state index contributed by atoms with van der Waals surface area (Å²) in [5, 5.41) is 4.65. The first-order chi connectivity index (χ1) is 9.88. The Hall–Kier alpha value is -1.64. The summed E-state index contributed by atoms with van der Waals surface area (Å²) in [7, 11) is 0. The molecule has 1 unspecified atom stereocenters. The predicted octanol–water partition coefficient (Wildman–Crippen LogP) is 4.48. The molecule has 0 N–H and O–H groups in total. The lowest BCUT2D eigenvalue weighted by atomic mass is 9.94. The van der Waals surface area contributed by atoms with Crippen LogP contribution in [0.3, 0.4) is 0 Å². The van der Waals surface area contributed by atoms with Crippen LogP contribution in [0.5, 0.6) is 0 Å². The van der Waals surface area contributed by atoms with Crippen LogP contribution in [0.15, 0.2) is 36.9 Å². The van der Waals surface area contributed by atoms with Crippen LogP contribution in [0.2, 0.25) is 0 Å². The maximum Gasteiger partial charge on any atom is 0.0568 e. The Kier molecular flexibility index (Phi) is 4.14. The van der Waals surface area contributed by atoms with E-state index in [1.807, 2.05) is 30.7 Å². The molecule has 1 aliphatic carbocycles. The molecule has 106 valence electrons. The number of aromatic nitrogens is 3. The van der Waals surface area contributed by atoms with Gasteiger partial charge in [-0.05, 0) is 42.9 Å². The van der Waals surface area contributed by atoms with Gasteiger partial charge in [0, 0.05) is 24.2 Å². The van der Waals surface area contributed by atoms with Crippen LogP contribution >= 0.6 is 0 Å². The second-order valence-corrected chi connectivity index (χ2v) is 5.85. The fourth-order valence-electron chi connectivity index (χ4n) is 3.43. The summed E-state index contributed by atoms with van der Waals surface area (Å²) in [6.45, 7) is 2.27. The average molecular weight is 269 g/mol. The van der Waals surface area contributed by atoms with E-state index in [0.717, 1.165) is 5.92 Å². The van der Waals surface area contributed by atoms with Gasteiger partial charge in [-0.15, -0.1) is 0 Å². The Morgan fingerprint density at radius 3 is 2.65 bits per heavy atom. The molecule has 0 aliphatic heterocycles. The van der Waals surface area contributed by atoms with Crippen molar-refractivity contribution in [2.75, 3.05) is 0 Å². The van der Waals surface area contributed by atoms with E-state index in [1.54, 1.807) is 0 Å². The van der Waals surface area contributed by atoms with Crippen molar-refractivity contribution in [3.05, 3.63) is 36.9 Å². The zero-order valence-electron chi connectivity index (χ0n) is 12.2. The fraction of sp³-hybridized carbons (Fsp3) is 0.529. The summed E-state index contributed by atoms with van der Waals surface area (Å²) in [6.07, 6.45) is 15.9. The van der Waals surface area contributed by atoms with Gasteiger partial charge in [-0.2, -0.15) is 5.10 Å². The third-order valence-corrected chi connectivity index (χ3v) is 4.48. The minimum absolute atomic E-state index is 0.582. The SMILES string of the molecule is CCCC(C1CCCC1)n1cc(-c2ccncc2)cn1. The summed E-state index contributed by atoms with van der Waals surface area (Å²) in [5.74, 6) is 0.820. The number of rotatable bonds is 5. The zero-order chi connectivity index (χ0) is 13.8.